The number of hydrogen-bond donors (Lipinski definition) is 2. The van der Waals surface area contributed by atoms with Gasteiger partial charge < -0.3 is 15.4 Å². The minimum absolute atomic E-state index is 0.286. The lowest BCUT2D eigenvalue weighted by molar-refractivity contribution is 0.102. The Kier molecular flexibility index (Phi) is 8.04. The van der Waals surface area contributed by atoms with E-state index in [1.807, 2.05) is 43.3 Å². The molecule has 2 N–H and O–H groups in total. The fourth-order valence-electron chi connectivity index (χ4n) is 3.75. The lowest BCUT2D eigenvalue weighted by Gasteiger charge is -2.15. The number of rotatable bonds is 9. The van der Waals surface area contributed by atoms with Crippen LogP contribution in [0.1, 0.15) is 35.5 Å². The molecule has 9 nitrogen and oxygen atoms in total. The number of nitriles is 1. The van der Waals surface area contributed by atoms with Crippen molar-refractivity contribution >= 4 is 17.4 Å². The highest BCUT2D eigenvalue weighted by molar-refractivity contribution is 6.04. The van der Waals surface area contributed by atoms with Crippen LogP contribution in [0.4, 0.5) is 11.5 Å². The minimum Gasteiger partial charge on any atom is -0.383 e. The lowest BCUT2D eigenvalue weighted by atomic mass is 9.90. The zero-order valence-corrected chi connectivity index (χ0v) is 21.8. The van der Waals surface area contributed by atoms with Crippen molar-refractivity contribution in [3.05, 3.63) is 83.9 Å². The smallest absolute Gasteiger partial charge is 0.255 e. The van der Waals surface area contributed by atoms with Gasteiger partial charge in [-0.15, -0.1) is 0 Å². The highest BCUT2D eigenvalue weighted by Crippen LogP contribution is 2.28. The third-order valence-corrected chi connectivity index (χ3v) is 6.00. The number of methoxy groups -OCH3 is 1. The molecule has 9 heteroatoms. The first-order chi connectivity index (χ1) is 18.3. The minimum atomic E-state index is -0.798. The van der Waals surface area contributed by atoms with Crippen molar-refractivity contribution in [1.82, 2.24) is 19.9 Å². The molecular formula is C29H29N7O2. The first-order valence-corrected chi connectivity index (χ1v) is 12.1. The van der Waals surface area contributed by atoms with E-state index in [0.717, 1.165) is 22.4 Å². The molecule has 192 valence electrons. The summed E-state index contributed by atoms with van der Waals surface area (Å²) in [5.41, 5.74) is 4.24. The van der Waals surface area contributed by atoms with Gasteiger partial charge in [0.2, 0.25) is 0 Å². The Morgan fingerprint density at radius 2 is 1.82 bits per heavy atom. The second-order valence-corrected chi connectivity index (χ2v) is 9.27. The first kappa shape index (κ1) is 26.4. The van der Waals surface area contributed by atoms with Crippen molar-refractivity contribution in [3.8, 4) is 28.7 Å². The summed E-state index contributed by atoms with van der Waals surface area (Å²) in [7, 11) is 1.65. The second-order valence-electron chi connectivity index (χ2n) is 9.27. The molecule has 0 saturated carbocycles. The van der Waals surface area contributed by atoms with E-state index in [-0.39, 0.29) is 5.91 Å². The number of carbonyl (C=O) groups is 1. The van der Waals surface area contributed by atoms with E-state index in [4.69, 9.17) is 9.72 Å². The van der Waals surface area contributed by atoms with Gasteiger partial charge in [-0.3, -0.25) is 9.78 Å². The van der Waals surface area contributed by atoms with Crippen LogP contribution in [-0.2, 0) is 10.2 Å². The van der Waals surface area contributed by atoms with Gasteiger partial charge in [-0.05, 0) is 68.8 Å². The SMILES string of the molecule is COCCNc1cc(-c2nccc(-c3cc(NC(=O)c4ccnc(C(C)(C)C#N)c4)ccc3C)n2)ccn1. The van der Waals surface area contributed by atoms with Crippen molar-refractivity contribution < 1.29 is 9.53 Å². The van der Waals surface area contributed by atoms with Crippen LogP contribution in [0.3, 0.4) is 0 Å². The fraction of sp³-hybridized carbons (Fsp3) is 0.241. The van der Waals surface area contributed by atoms with Crippen molar-refractivity contribution in [2.45, 2.75) is 26.2 Å². The molecule has 0 fully saturated rings. The molecule has 0 spiro atoms. The van der Waals surface area contributed by atoms with Crippen LogP contribution in [0.25, 0.3) is 22.6 Å². The largest absolute Gasteiger partial charge is 0.383 e. The standard InChI is InChI=1S/C29H29N7O2/c1-19-5-6-22(35-28(37)21-8-10-31-25(15-21)29(2,3)18-30)17-23(19)24-9-12-34-27(36-24)20-7-11-32-26(16-20)33-13-14-38-4/h5-12,15-17H,13-14H2,1-4H3,(H,32,33)(H,35,37). The average molecular weight is 508 g/mol. The van der Waals surface area contributed by atoms with Gasteiger partial charge in [0.25, 0.3) is 5.91 Å². The van der Waals surface area contributed by atoms with Gasteiger partial charge in [0.15, 0.2) is 5.82 Å². The number of pyridine rings is 2. The molecule has 0 aliphatic carbocycles. The number of aryl methyl sites for hydroxylation is 1. The molecule has 0 atom stereocenters. The van der Waals surface area contributed by atoms with Crippen LogP contribution in [-0.4, -0.2) is 46.1 Å². The summed E-state index contributed by atoms with van der Waals surface area (Å²) in [4.78, 5) is 30.9. The van der Waals surface area contributed by atoms with E-state index >= 15 is 0 Å². The summed E-state index contributed by atoms with van der Waals surface area (Å²) < 4.78 is 5.08. The predicted molar refractivity (Wildman–Crippen MR) is 147 cm³/mol. The highest BCUT2D eigenvalue weighted by Gasteiger charge is 2.22. The molecule has 4 rings (SSSR count). The Labute approximate surface area is 222 Å². The van der Waals surface area contributed by atoms with Gasteiger partial charge in [0.1, 0.15) is 5.82 Å². The summed E-state index contributed by atoms with van der Waals surface area (Å²) in [6.07, 6.45) is 4.98. The summed E-state index contributed by atoms with van der Waals surface area (Å²) >= 11 is 0. The van der Waals surface area contributed by atoms with E-state index in [0.29, 0.717) is 41.7 Å². The molecular weight excluding hydrogens is 478 g/mol. The summed E-state index contributed by atoms with van der Waals surface area (Å²) in [6, 6.07) is 16.8. The molecule has 1 amide bonds. The Morgan fingerprint density at radius 3 is 2.61 bits per heavy atom. The number of aromatic nitrogens is 4. The molecule has 0 aliphatic heterocycles. The topological polar surface area (TPSA) is 126 Å². The fourth-order valence-corrected chi connectivity index (χ4v) is 3.75. The van der Waals surface area contributed by atoms with E-state index in [9.17, 15) is 10.1 Å². The van der Waals surface area contributed by atoms with Gasteiger partial charge in [-0.2, -0.15) is 5.26 Å². The third-order valence-electron chi connectivity index (χ3n) is 6.00. The van der Waals surface area contributed by atoms with Crippen LogP contribution in [0.2, 0.25) is 0 Å². The number of ether oxygens (including phenoxy) is 1. The van der Waals surface area contributed by atoms with Crippen molar-refractivity contribution in [2.75, 3.05) is 30.9 Å². The van der Waals surface area contributed by atoms with Gasteiger partial charge >= 0.3 is 0 Å². The molecule has 4 aromatic rings. The number of carbonyl (C=O) groups excluding carboxylic acids is 1. The molecule has 0 saturated heterocycles. The Bertz CT molecular complexity index is 1490. The van der Waals surface area contributed by atoms with Crippen LogP contribution in [0, 0.1) is 18.3 Å². The van der Waals surface area contributed by atoms with Crippen molar-refractivity contribution in [3.63, 3.8) is 0 Å². The van der Waals surface area contributed by atoms with Crippen LogP contribution in [0.5, 0.6) is 0 Å². The van der Waals surface area contributed by atoms with E-state index in [2.05, 4.69) is 31.7 Å². The van der Waals surface area contributed by atoms with Gasteiger partial charge in [0, 0.05) is 54.6 Å². The van der Waals surface area contributed by atoms with E-state index < -0.39 is 5.41 Å². The molecule has 0 bridgehead atoms. The number of nitrogens with one attached hydrogen (secondary N) is 2. The Hall–Kier alpha value is -4.68. The predicted octanol–water partition coefficient (Wildman–Crippen LogP) is 5.02. The molecule has 3 aromatic heterocycles. The van der Waals surface area contributed by atoms with Crippen molar-refractivity contribution in [2.24, 2.45) is 0 Å². The normalized spacial score (nSPS) is 11.0. The second kappa shape index (κ2) is 11.6. The summed E-state index contributed by atoms with van der Waals surface area (Å²) in [5, 5.41) is 15.6. The maximum absolute atomic E-state index is 13.0. The number of hydrogen-bond acceptors (Lipinski definition) is 8. The van der Waals surface area contributed by atoms with Crippen molar-refractivity contribution in [1.29, 1.82) is 5.26 Å². The quantitative estimate of drug-likeness (QED) is 0.303. The third kappa shape index (κ3) is 6.17. The van der Waals surface area contributed by atoms with Gasteiger partial charge in [-0.1, -0.05) is 6.07 Å². The maximum atomic E-state index is 13.0. The van der Waals surface area contributed by atoms with Gasteiger partial charge in [-0.25, -0.2) is 15.0 Å². The van der Waals surface area contributed by atoms with E-state index in [1.165, 1.54) is 0 Å². The lowest BCUT2D eigenvalue weighted by Crippen LogP contribution is -2.18. The monoisotopic (exact) mass is 507 g/mol. The molecule has 1 aromatic carbocycles. The Morgan fingerprint density at radius 1 is 1.03 bits per heavy atom. The maximum Gasteiger partial charge on any atom is 0.255 e. The molecule has 0 unspecified atom stereocenters. The summed E-state index contributed by atoms with van der Waals surface area (Å²) in [5.74, 6) is 0.996. The molecule has 0 aliphatic rings. The molecule has 0 radical (unpaired) electrons. The average Bonchev–Trinajstić information content (AvgIpc) is 2.94. The van der Waals surface area contributed by atoms with Crippen LogP contribution in [0.15, 0.2) is 67.1 Å². The zero-order chi connectivity index (χ0) is 27.1. The number of nitrogens with zero attached hydrogens (tertiary/aromatic N) is 5. The Balaban J connectivity index is 1.58. The molecule has 3 heterocycles. The highest BCUT2D eigenvalue weighted by atomic mass is 16.5. The first-order valence-electron chi connectivity index (χ1n) is 12.1. The number of benzene rings is 1. The molecule has 38 heavy (non-hydrogen) atoms. The number of anilines is 2. The zero-order valence-electron chi connectivity index (χ0n) is 21.8. The van der Waals surface area contributed by atoms with Crippen LogP contribution >= 0.6 is 0 Å². The van der Waals surface area contributed by atoms with Gasteiger partial charge in [0.05, 0.1) is 29.5 Å². The van der Waals surface area contributed by atoms with Crippen LogP contribution < -0.4 is 10.6 Å². The summed E-state index contributed by atoms with van der Waals surface area (Å²) in [6.45, 7) is 6.74. The van der Waals surface area contributed by atoms with E-state index in [1.54, 1.807) is 51.7 Å². The number of amides is 1.